The first kappa shape index (κ1) is 14.1. The summed E-state index contributed by atoms with van der Waals surface area (Å²) in [7, 11) is 1.85. The summed E-state index contributed by atoms with van der Waals surface area (Å²) in [5.41, 5.74) is 1.53. The third kappa shape index (κ3) is 3.35. The van der Waals surface area contributed by atoms with Crippen molar-refractivity contribution in [1.29, 1.82) is 0 Å². The van der Waals surface area contributed by atoms with Crippen molar-refractivity contribution in [3.63, 3.8) is 0 Å². The summed E-state index contributed by atoms with van der Waals surface area (Å²) < 4.78 is 1.73. The van der Waals surface area contributed by atoms with Gasteiger partial charge in [-0.2, -0.15) is 5.10 Å². The molecule has 0 unspecified atom stereocenters. The summed E-state index contributed by atoms with van der Waals surface area (Å²) in [5.74, 6) is 0.0417. The Hall–Kier alpha value is -1.36. The van der Waals surface area contributed by atoms with Crippen LogP contribution in [0.2, 0.25) is 0 Å². The van der Waals surface area contributed by atoms with Gasteiger partial charge < -0.3 is 4.90 Å². The normalized spacial score (nSPS) is 10.8. The zero-order chi connectivity index (χ0) is 13.7. The van der Waals surface area contributed by atoms with E-state index in [0.717, 1.165) is 36.7 Å². The second-order valence-electron chi connectivity index (χ2n) is 4.57. The van der Waals surface area contributed by atoms with Crippen molar-refractivity contribution in [2.45, 2.75) is 19.3 Å². The summed E-state index contributed by atoms with van der Waals surface area (Å²) in [4.78, 5) is 14.1. The van der Waals surface area contributed by atoms with Crippen LogP contribution in [0.4, 0.5) is 0 Å². The van der Waals surface area contributed by atoms with Crippen LogP contribution in [0, 0.1) is 0 Å². The topological polar surface area (TPSA) is 37.6 Å². The van der Waals surface area contributed by atoms with Gasteiger partial charge in [-0.15, -0.1) is 0 Å². The summed E-state index contributed by atoms with van der Waals surface area (Å²) >= 11 is 3.41. The van der Waals surface area contributed by atoms with Crippen molar-refractivity contribution in [2.24, 2.45) is 0 Å². The molecule has 0 radical (unpaired) electrons. The molecule has 0 saturated carbocycles. The van der Waals surface area contributed by atoms with Crippen LogP contribution in [0.25, 0.3) is 5.52 Å². The van der Waals surface area contributed by atoms with Gasteiger partial charge in [-0.25, -0.2) is 4.52 Å². The van der Waals surface area contributed by atoms with Gasteiger partial charge in [0.2, 0.25) is 0 Å². The highest BCUT2D eigenvalue weighted by Crippen LogP contribution is 2.12. The highest BCUT2D eigenvalue weighted by molar-refractivity contribution is 9.09. The molecule has 0 aromatic carbocycles. The largest absolute Gasteiger partial charge is 0.342 e. The zero-order valence-electron chi connectivity index (χ0n) is 11.1. The van der Waals surface area contributed by atoms with Crippen LogP contribution < -0.4 is 0 Å². The standard InChI is InChI=1S/C14H18BrN3O/c1-17(9-5-2-4-8-15)14(19)12-11-16-18-10-6-3-7-13(12)18/h3,6-7,10-11H,2,4-5,8-9H2,1H3. The van der Waals surface area contributed by atoms with Crippen LogP contribution in [0.3, 0.4) is 0 Å². The highest BCUT2D eigenvalue weighted by atomic mass is 79.9. The maximum Gasteiger partial charge on any atom is 0.257 e. The molecule has 0 aliphatic heterocycles. The van der Waals surface area contributed by atoms with E-state index in [4.69, 9.17) is 0 Å². The average Bonchev–Trinajstić information content (AvgIpc) is 2.86. The minimum atomic E-state index is 0.0417. The molecule has 4 nitrogen and oxygen atoms in total. The number of hydrogen-bond donors (Lipinski definition) is 0. The number of rotatable bonds is 6. The van der Waals surface area contributed by atoms with E-state index >= 15 is 0 Å². The molecular weight excluding hydrogens is 306 g/mol. The van der Waals surface area contributed by atoms with Crippen molar-refractivity contribution < 1.29 is 4.79 Å². The number of carbonyl (C=O) groups excluding carboxylic acids is 1. The number of carbonyl (C=O) groups is 1. The lowest BCUT2D eigenvalue weighted by molar-refractivity contribution is 0.0794. The molecule has 0 aliphatic rings. The van der Waals surface area contributed by atoms with Crippen molar-refractivity contribution >= 4 is 27.4 Å². The first-order valence-corrected chi connectivity index (χ1v) is 7.60. The quantitative estimate of drug-likeness (QED) is 0.605. The van der Waals surface area contributed by atoms with Gasteiger partial charge in [-0.1, -0.05) is 28.4 Å². The summed E-state index contributed by atoms with van der Waals surface area (Å²) in [6.45, 7) is 0.788. The summed E-state index contributed by atoms with van der Waals surface area (Å²) in [6, 6.07) is 5.74. The molecule has 5 heteroatoms. The molecule has 0 atom stereocenters. The van der Waals surface area contributed by atoms with Crippen molar-refractivity contribution in [3.05, 3.63) is 36.2 Å². The maximum atomic E-state index is 12.3. The SMILES string of the molecule is CN(CCCCCBr)C(=O)c1cnn2ccccc12. The Morgan fingerprint density at radius 1 is 1.37 bits per heavy atom. The average molecular weight is 324 g/mol. The summed E-state index contributed by atoms with van der Waals surface area (Å²) in [6.07, 6.45) is 6.82. The van der Waals surface area contributed by atoms with E-state index in [9.17, 15) is 4.79 Å². The van der Waals surface area contributed by atoms with Crippen molar-refractivity contribution in [3.8, 4) is 0 Å². The Balaban J connectivity index is 2.02. The Morgan fingerprint density at radius 3 is 3.00 bits per heavy atom. The van der Waals surface area contributed by atoms with Gasteiger partial charge in [0.1, 0.15) is 0 Å². The lowest BCUT2D eigenvalue weighted by Gasteiger charge is -2.16. The van der Waals surface area contributed by atoms with Gasteiger partial charge >= 0.3 is 0 Å². The monoisotopic (exact) mass is 323 g/mol. The molecular formula is C14H18BrN3O. The molecule has 0 aliphatic carbocycles. The van der Waals surface area contributed by atoms with Gasteiger partial charge in [0.15, 0.2) is 0 Å². The predicted molar refractivity (Wildman–Crippen MR) is 79.8 cm³/mol. The second-order valence-corrected chi connectivity index (χ2v) is 5.36. The van der Waals surface area contributed by atoms with Crippen molar-refractivity contribution in [1.82, 2.24) is 14.5 Å². The molecule has 0 bridgehead atoms. The second kappa shape index (κ2) is 6.70. The van der Waals surface area contributed by atoms with E-state index in [2.05, 4.69) is 21.0 Å². The van der Waals surface area contributed by atoms with Crippen LogP contribution in [-0.2, 0) is 0 Å². The molecule has 1 amide bonds. The van der Waals surface area contributed by atoms with Gasteiger partial charge in [-0.05, 0) is 25.0 Å². The number of alkyl halides is 1. The number of nitrogens with zero attached hydrogens (tertiary/aromatic N) is 3. The number of halogens is 1. The Morgan fingerprint density at radius 2 is 2.21 bits per heavy atom. The summed E-state index contributed by atoms with van der Waals surface area (Å²) in [5, 5.41) is 5.22. The zero-order valence-corrected chi connectivity index (χ0v) is 12.6. The number of aromatic nitrogens is 2. The first-order chi connectivity index (χ1) is 9.24. The molecule has 102 valence electrons. The first-order valence-electron chi connectivity index (χ1n) is 6.48. The molecule has 2 rings (SSSR count). The van der Waals surface area contributed by atoms with Crippen LogP contribution in [0.1, 0.15) is 29.6 Å². The number of hydrogen-bond acceptors (Lipinski definition) is 2. The van der Waals surface area contributed by atoms with E-state index in [0.29, 0.717) is 5.56 Å². The van der Waals surface area contributed by atoms with E-state index in [1.54, 1.807) is 15.6 Å². The molecule has 0 fully saturated rings. The fourth-order valence-electron chi connectivity index (χ4n) is 2.03. The molecule has 0 N–H and O–H groups in total. The van der Waals surface area contributed by atoms with Gasteiger partial charge in [0, 0.05) is 25.1 Å². The van der Waals surface area contributed by atoms with E-state index in [1.807, 2.05) is 31.4 Å². The molecule has 0 spiro atoms. The van der Waals surface area contributed by atoms with Crippen LogP contribution in [-0.4, -0.2) is 39.3 Å². The number of amides is 1. The Labute approximate surface area is 121 Å². The third-order valence-electron chi connectivity index (χ3n) is 3.13. The van der Waals surface area contributed by atoms with Gasteiger partial charge in [-0.3, -0.25) is 4.79 Å². The molecule has 2 aromatic heterocycles. The van der Waals surface area contributed by atoms with Crippen LogP contribution in [0.5, 0.6) is 0 Å². The Bertz CT molecular complexity index is 552. The number of fused-ring (bicyclic) bond motifs is 1. The lowest BCUT2D eigenvalue weighted by Crippen LogP contribution is -2.27. The fourth-order valence-corrected chi connectivity index (χ4v) is 2.42. The lowest BCUT2D eigenvalue weighted by atomic mass is 10.2. The maximum absolute atomic E-state index is 12.3. The van der Waals surface area contributed by atoms with E-state index in [-0.39, 0.29) is 5.91 Å². The molecule has 2 heterocycles. The van der Waals surface area contributed by atoms with Crippen molar-refractivity contribution in [2.75, 3.05) is 18.9 Å². The van der Waals surface area contributed by atoms with Gasteiger partial charge in [0.05, 0.1) is 17.3 Å². The number of pyridine rings is 1. The molecule has 19 heavy (non-hydrogen) atoms. The number of unbranched alkanes of at least 4 members (excludes halogenated alkanes) is 2. The smallest absolute Gasteiger partial charge is 0.257 e. The third-order valence-corrected chi connectivity index (χ3v) is 3.69. The Kier molecular flexibility index (Phi) is 4.96. The van der Waals surface area contributed by atoms with Crippen LogP contribution in [0.15, 0.2) is 30.6 Å². The molecule has 0 saturated heterocycles. The van der Waals surface area contributed by atoms with Gasteiger partial charge in [0.25, 0.3) is 5.91 Å². The van der Waals surface area contributed by atoms with E-state index in [1.165, 1.54) is 0 Å². The highest BCUT2D eigenvalue weighted by Gasteiger charge is 2.15. The minimum absolute atomic E-state index is 0.0417. The minimum Gasteiger partial charge on any atom is -0.342 e. The fraction of sp³-hybridized carbons (Fsp3) is 0.429. The van der Waals surface area contributed by atoms with Crippen LogP contribution >= 0.6 is 15.9 Å². The van der Waals surface area contributed by atoms with E-state index < -0.39 is 0 Å². The molecule has 2 aromatic rings. The predicted octanol–water partition coefficient (Wildman–Crippen LogP) is 2.97.